The third-order valence-electron chi connectivity index (χ3n) is 3.59. The molecule has 0 aliphatic heterocycles. The van der Waals surface area contributed by atoms with Crippen LogP contribution in [0.4, 0.5) is 0 Å². The van der Waals surface area contributed by atoms with Gasteiger partial charge in [0.05, 0.1) is 26.7 Å². The van der Waals surface area contributed by atoms with Gasteiger partial charge in [0, 0.05) is 12.7 Å². The van der Waals surface area contributed by atoms with Gasteiger partial charge in [0.15, 0.2) is 11.5 Å². The zero-order valence-electron chi connectivity index (χ0n) is 13.9. The quantitative estimate of drug-likeness (QED) is 0.795. The number of hydrogen-bond acceptors (Lipinski definition) is 5. The van der Waals surface area contributed by atoms with Crippen molar-refractivity contribution in [3.05, 3.63) is 24.0 Å². The second kappa shape index (κ2) is 7.67. The average molecular weight is 318 g/mol. The van der Waals surface area contributed by atoms with E-state index in [9.17, 15) is 4.79 Å². The summed E-state index contributed by atoms with van der Waals surface area (Å²) in [6.45, 7) is 2.69. The number of unbranched alkanes of at least 4 members (excludes halogenated alkanes) is 1. The van der Waals surface area contributed by atoms with Gasteiger partial charge >= 0.3 is 0 Å². The molecule has 0 bridgehead atoms. The molecule has 23 heavy (non-hydrogen) atoms. The van der Waals surface area contributed by atoms with Gasteiger partial charge in [0.25, 0.3) is 5.91 Å². The monoisotopic (exact) mass is 318 g/mol. The Labute approximate surface area is 135 Å². The first-order valence-electron chi connectivity index (χ1n) is 7.53. The van der Waals surface area contributed by atoms with Crippen LogP contribution in [0.25, 0.3) is 10.8 Å². The maximum absolute atomic E-state index is 12.5. The number of hydrogen-bond donors (Lipinski definition) is 1. The SMILES string of the molecule is CCCCNC(=O)c1nccc2cc(OC)c(OC)c(OC)c12. The van der Waals surface area contributed by atoms with Gasteiger partial charge in [-0.05, 0) is 23.9 Å². The van der Waals surface area contributed by atoms with Crippen LogP contribution in [0.2, 0.25) is 0 Å². The molecule has 1 aromatic heterocycles. The molecule has 6 nitrogen and oxygen atoms in total. The Kier molecular flexibility index (Phi) is 5.62. The molecule has 6 heteroatoms. The summed E-state index contributed by atoms with van der Waals surface area (Å²) in [7, 11) is 4.62. The number of nitrogens with one attached hydrogen (secondary N) is 1. The number of benzene rings is 1. The third-order valence-corrected chi connectivity index (χ3v) is 3.59. The van der Waals surface area contributed by atoms with E-state index in [1.165, 1.54) is 14.2 Å². The molecule has 0 saturated heterocycles. The van der Waals surface area contributed by atoms with E-state index >= 15 is 0 Å². The van der Waals surface area contributed by atoms with E-state index in [-0.39, 0.29) is 5.91 Å². The number of amides is 1. The highest BCUT2D eigenvalue weighted by Gasteiger charge is 2.21. The predicted octanol–water partition coefficient (Wildman–Crippen LogP) is 2.79. The van der Waals surface area contributed by atoms with Crippen molar-refractivity contribution in [2.45, 2.75) is 19.8 Å². The second-order valence-electron chi connectivity index (χ2n) is 5.01. The third kappa shape index (κ3) is 3.31. The Morgan fingerprint density at radius 2 is 1.91 bits per heavy atom. The van der Waals surface area contributed by atoms with Crippen LogP contribution in [0, 0.1) is 0 Å². The van der Waals surface area contributed by atoms with Gasteiger partial charge in [-0.1, -0.05) is 13.3 Å². The van der Waals surface area contributed by atoms with Gasteiger partial charge in [0.2, 0.25) is 5.75 Å². The molecule has 124 valence electrons. The lowest BCUT2D eigenvalue weighted by Crippen LogP contribution is -2.25. The molecule has 1 aromatic carbocycles. The number of ether oxygens (including phenoxy) is 3. The number of aromatic nitrogens is 1. The minimum Gasteiger partial charge on any atom is -0.493 e. The number of carbonyl (C=O) groups excluding carboxylic acids is 1. The van der Waals surface area contributed by atoms with Crippen LogP contribution < -0.4 is 19.5 Å². The fraction of sp³-hybridized carbons (Fsp3) is 0.412. The molecule has 0 unspecified atom stereocenters. The molecule has 2 aromatic rings. The van der Waals surface area contributed by atoms with Crippen molar-refractivity contribution < 1.29 is 19.0 Å². The number of carbonyl (C=O) groups is 1. The summed E-state index contributed by atoms with van der Waals surface area (Å²) in [5, 5.41) is 4.29. The number of fused-ring (bicyclic) bond motifs is 1. The largest absolute Gasteiger partial charge is 0.493 e. The summed E-state index contributed by atoms with van der Waals surface area (Å²) in [4.78, 5) is 16.7. The van der Waals surface area contributed by atoms with Crippen LogP contribution >= 0.6 is 0 Å². The minimum absolute atomic E-state index is 0.227. The molecular formula is C17H22N2O4. The summed E-state index contributed by atoms with van der Waals surface area (Å²) in [5.41, 5.74) is 0.316. The smallest absolute Gasteiger partial charge is 0.270 e. The molecule has 1 heterocycles. The number of nitrogens with zero attached hydrogens (tertiary/aromatic N) is 1. The van der Waals surface area contributed by atoms with Crippen molar-refractivity contribution in [1.29, 1.82) is 0 Å². The highest BCUT2D eigenvalue weighted by Crippen LogP contribution is 2.44. The molecule has 1 amide bonds. The zero-order chi connectivity index (χ0) is 16.8. The van der Waals surface area contributed by atoms with Crippen molar-refractivity contribution >= 4 is 16.7 Å². The van der Waals surface area contributed by atoms with E-state index in [0.717, 1.165) is 18.2 Å². The van der Waals surface area contributed by atoms with E-state index in [4.69, 9.17) is 14.2 Å². The van der Waals surface area contributed by atoms with Crippen molar-refractivity contribution in [3.63, 3.8) is 0 Å². The van der Waals surface area contributed by atoms with Crippen LogP contribution in [0.5, 0.6) is 17.2 Å². The van der Waals surface area contributed by atoms with E-state index in [2.05, 4.69) is 17.2 Å². The standard InChI is InChI=1S/C17H22N2O4/c1-5-6-8-19-17(20)14-13-11(7-9-18-14)10-12(21-2)15(22-3)16(13)23-4/h7,9-10H,5-6,8H2,1-4H3,(H,19,20). The Morgan fingerprint density at radius 1 is 1.17 bits per heavy atom. The second-order valence-corrected chi connectivity index (χ2v) is 5.01. The summed E-state index contributed by atoms with van der Waals surface area (Å²) in [5.74, 6) is 1.20. The number of pyridine rings is 1. The van der Waals surface area contributed by atoms with Crippen LogP contribution in [-0.2, 0) is 0 Å². The zero-order valence-corrected chi connectivity index (χ0v) is 13.9. The van der Waals surface area contributed by atoms with Crippen molar-refractivity contribution in [3.8, 4) is 17.2 Å². The summed E-state index contributed by atoms with van der Waals surface area (Å²) < 4.78 is 16.2. The molecule has 0 spiro atoms. The molecule has 0 fully saturated rings. The maximum atomic E-state index is 12.5. The van der Waals surface area contributed by atoms with Gasteiger partial charge in [0.1, 0.15) is 5.69 Å². The lowest BCUT2D eigenvalue weighted by Gasteiger charge is -2.16. The van der Waals surface area contributed by atoms with E-state index in [1.54, 1.807) is 19.4 Å². The van der Waals surface area contributed by atoms with E-state index < -0.39 is 0 Å². The summed E-state index contributed by atoms with van der Waals surface area (Å²) >= 11 is 0. The van der Waals surface area contributed by atoms with E-state index in [1.807, 2.05) is 6.07 Å². The first kappa shape index (κ1) is 16.9. The van der Waals surface area contributed by atoms with Gasteiger partial charge in [-0.3, -0.25) is 9.78 Å². The summed E-state index contributed by atoms with van der Waals surface area (Å²) in [6, 6.07) is 3.61. The Morgan fingerprint density at radius 3 is 2.52 bits per heavy atom. The van der Waals surface area contributed by atoms with Gasteiger partial charge in [-0.15, -0.1) is 0 Å². The first-order valence-corrected chi connectivity index (χ1v) is 7.53. The number of methoxy groups -OCH3 is 3. The van der Waals surface area contributed by atoms with Crippen LogP contribution in [0.3, 0.4) is 0 Å². The highest BCUT2D eigenvalue weighted by atomic mass is 16.5. The molecule has 0 saturated carbocycles. The lowest BCUT2D eigenvalue weighted by molar-refractivity contribution is 0.0950. The van der Waals surface area contributed by atoms with Gasteiger partial charge < -0.3 is 19.5 Å². The van der Waals surface area contributed by atoms with Crippen molar-refractivity contribution in [2.24, 2.45) is 0 Å². The van der Waals surface area contributed by atoms with Gasteiger partial charge in [-0.2, -0.15) is 0 Å². The molecule has 0 atom stereocenters. The Balaban J connectivity index is 2.60. The predicted molar refractivity (Wildman–Crippen MR) is 88.6 cm³/mol. The maximum Gasteiger partial charge on any atom is 0.270 e. The Bertz CT molecular complexity index is 701. The molecule has 2 rings (SSSR count). The normalized spacial score (nSPS) is 10.4. The van der Waals surface area contributed by atoms with Crippen molar-refractivity contribution in [2.75, 3.05) is 27.9 Å². The van der Waals surface area contributed by atoms with Crippen LogP contribution in [0.15, 0.2) is 18.3 Å². The highest BCUT2D eigenvalue weighted by molar-refractivity contribution is 6.09. The van der Waals surface area contributed by atoms with E-state index in [0.29, 0.717) is 34.9 Å². The Hall–Kier alpha value is -2.50. The fourth-order valence-electron chi connectivity index (χ4n) is 2.44. The minimum atomic E-state index is -0.227. The molecule has 0 aliphatic carbocycles. The lowest BCUT2D eigenvalue weighted by atomic mass is 10.1. The van der Waals surface area contributed by atoms with Gasteiger partial charge in [-0.25, -0.2) is 0 Å². The van der Waals surface area contributed by atoms with Crippen LogP contribution in [-0.4, -0.2) is 38.8 Å². The summed E-state index contributed by atoms with van der Waals surface area (Å²) in [6.07, 6.45) is 3.53. The topological polar surface area (TPSA) is 69.7 Å². The first-order chi connectivity index (χ1) is 11.2. The molecule has 1 N–H and O–H groups in total. The average Bonchev–Trinajstić information content (AvgIpc) is 2.59. The van der Waals surface area contributed by atoms with Crippen LogP contribution in [0.1, 0.15) is 30.3 Å². The van der Waals surface area contributed by atoms with Crippen molar-refractivity contribution in [1.82, 2.24) is 10.3 Å². The molecular weight excluding hydrogens is 296 g/mol. The molecule has 0 radical (unpaired) electrons. The fourth-order valence-corrected chi connectivity index (χ4v) is 2.44. The molecule has 0 aliphatic rings. The number of rotatable bonds is 7.